The van der Waals surface area contributed by atoms with E-state index >= 15 is 0 Å². The molecule has 0 fully saturated rings. The summed E-state index contributed by atoms with van der Waals surface area (Å²) in [7, 11) is -3.68. The van der Waals surface area contributed by atoms with Crippen molar-refractivity contribution in [1.29, 1.82) is 0 Å². The third kappa shape index (κ3) is 5.15. The van der Waals surface area contributed by atoms with E-state index in [0.29, 0.717) is 29.2 Å². The summed E-state index contributed by atoms with van der Waals surface area (Å²) in [6.45, 7) is 5.44. The predicted molar refractivity (Wildman–Crippen MR) is 118 cm³/mol. The van der Waals surface area contributed by atoms with Crippen molar-refractivity contribution in [3.8, 4) is 0 Å². The molecule has 0 unspecified atom stereocenters. The molecular weight excluding hydrogens is 402 g/mol. The van der Waals surface area contributed by atoms with Crippen LogP contribution in [0, 0.1) is 13.8 Å². The van der Waals surface area contributed by atoms with Crippen molar-refractivity contribution in [3.63, 3.8) is 0 Å². The van der Waals surface area contributed by atoms with Crippen LogP contribution in [-0.4, -0.2) is 19.5 Å². The number of hydrogen-bond donors (Lipinski definition) is 2. The quantitative estimate of drug-likeness (QED) is 0.576. The second-order valence-corrected chi connectivity index (χ2v) is 8.47. The Morgan fingerprint density at radius 3 is 2.33 bits per heavy atom. The molecular formula is C22H23N3O4S. The molecule has 1 aromatic heterocycles. The second-order valence-electron chi connectivity index (χ2n) is 6.78. The number of nitrogens with zero attached hydrogens (tertiary/aromatic N) is 1. The van der Waals surface area contributed by atoms with E-state index in [0.717, 1.165) is 11.1 Å². The van der Waals surface area contributed by atoms with Gasteiger partial charge in [-0.2, -0.15) is 0 Å². The van der Waals surface area contributed by atoms with E-state index in [9.17, 15) is 13.2 Å². The average Bonchev–Trinajstić information content (AvgIpc) is 3.07. The topological polar surface area (TPSA) is 101 Å². The summed E-state index contributed by atoms with van der Waals surface area (Å²) in [5.41, 5.74) is 3.44. The lowest BCUT2D eigenvalue weighted by Crippen LogP contribution is -2.12. The monoisotopic (exact) mass is 425 g/mol. The first-order chi connectivity index (χ1) is 14.3. The minimum atomic E-state index is -3.68. The summed E-state index contributed by atoms with van der Waals surface area (Å²) in [5, 5.41) is 6.65. The van der Waals surface area contributed by atoms with Crippen LogP contribution in [0.15, 0.2) is 57.9 Å². The summed E-state index contributed by atoms with van der Waals surface area (Å²) >= 11 is 0. The Labute approximate surface area is 175 Å². The van der Waals surface area contributed by atoms with E-state index in [1.807, 2.05) is 19.1 Å². The highest BCUT2D eigenvalue weighted by atomic mass is 32.2. The maximum atomic E-state index is 12.6. The normalized spacial score (nSPS) is 11.6. The molecule has 2 N–H and O–H groups in total. The van der Waals surface area contributed by atoms with E-state index in [-0.39, 0.29) is 10.8 Å². The Balaban J connectivity index is 1.74. The Bertz CT molecular complexity index is 1160. The van der Waals surface area contributed by atoms with Crippen LogP contribution in [-0.2, 0) is 14.8 Å². The number of sulfonamides is 1. The first kappa shape index (κ1) is 21.3. The third-order valence-corrected chi connectivity index (χ3v) is 5.79. The fourth-order valence-electron chi connectivity index (χ4n) is 2.65. The number of hydrogen-bond acceptors (Lipinski definition) is 5. The molecule has 0 aliphatic rings. The lowest BCUT2D eigenvalue weighted by Gasteiger charge is -2.08. The van der Waals surface area contributed by atoms with Crippen LogP contribution < -0.4 is 10.0 Å². The number of nitrogens with one attached hydrogen (secondary N) is 2. The Morgan fingerprint density at radius 1 is 1.03 bits per heavy atom. The van der Waals surface area contributed by atoms with E-state index in [2.05, 4.69) is 15.2 Å². The zero-order chi connectivity index (χ0) is 21.7. The molecule has 0 radical (unpaired) electrons. The molecule has 0 aliphatic heterocycles. The van der Waals surface area contributed by atoms with Gasteiger partial charge in [-0.25, -0.2) is 8.42 Å². The van der Waals surface area contributed by atoms with Crippen molar-refractivity contribution in [2.75, 3.05) is 10.0 Å². The second kappa shape index (κ2) is 8.96. The molecule has 156 valence electrons. The standard InChI is InChI=1S/C22H23N3O4S/c1-4-21(26)23-22-16(3)24-29-20(22)14-9-17-7-12-19(13-8-17)30(27,28)25-18-10-5-15(2)6-11-18/h5-14,25H,4H2,1-3H3,(H,23,26)/b14-9-. The molecule has 0 saturated carbocycles. The average molecular weight is 426 g/mol. The van der Waals surface area contributed by atoms with Gasteiger partial charge in [0.2, 0.25) is 5.91 Å². The van der Waals surface area contributed by atoms with Crippen LogP contribution in [0.1, 0.15) is 35.9 Å². The SMILES string of the molecule is CCC(=O)Nc1c(C)noc1/C=C\c1ccc(S(=O)(=O)Nc2ccc(C)cc2)cc1. The molecule has 7 nitrogen and oxygen atoms in total. The molecule has 30 heavy (non-hydrogen) atoms. The molecule has 0 spiro atoms. The van der Waals surface area contributed by atoms with Crippen molar-refractivity contribution in [2.24, 2.45) is 0 Å². The number of amides is 1. The van der Waals surface area contributed by atoms with Crippen LogP contribution in [0.3, 0.4) is 0 Å². The molecule has 0 aliphatic carbocycles. The smallest absolute Gasteiger partial charge is 0.261 e. The van der Waals surface area contributed by atoms with Crippen LogP contribution in [0.5, 0.6) is 0 Å². The summed E-state index contributed by atoms with van der Waals surface area (Å²) < 4.78 is 32.9. The number of aryl methyl sites for hydroxylation is 2. The van der Waals surface area contributed by atoms with Gasteiger partial charge >= 0.3 is 0 Å². The first-order valence-corrected chi connectivity index (χ1v) is 10.9. The number of carbonyl (C=O) groups excluding carboxylic acids is 1. The molecule has 2 aromatic carbocycles. The zero-order valence-corrected chi connectivity index (χ0v) is 17.8. The van der Waals surface area contributed by atoms with E-state index < -0.39 is 10.0 Å². The van der Waals surface area contributed by atoms with Gasteiger partial charge in [0.25, 0.3) is 10.0 Å². The number of rotatable bonds is 7. The minimum absolute atomic E-state index is 0.133. The first-order valence-electron chi connectivity index (χ1n) is 9.42. The molecule has 3 rings (SSSR count). The summed E-state index contributed by atoms with van der Waals surface area (Å²) in [5.74, 6) is 0.290. The highest BCUT2D eigenvalue weighted by molar-refractivity contribution is 7.92. The Kier molecular flexibility index (Phi) is 6.37. The van der Waals surface area contributed by atoms with E-state index in [1.54, 1.807) is 50.3 Å². The molecule has 3 aromatic rings. The molecule has 0 bridgehead atoms. The van der Waals surface area contributed by atoms with Crippen molar-refractivity contribution < 1.29 is 17.7 Å². The van der Waals surface area contributed by atoms with Gasteiger partial charge in [0, 0.05) is 12.1 Å². The van der Waals surface area contributed by atoms with Gasteiger partial charge in [0.1, 0.15) is 11.4 Å². The lowest BCUT2D eigenvalue weighted by atomic mass is 10.2. The van der Waals surface area contributed by atoms with Gasteiger partial charge in [-0.15, -0.1) is 0 Å². The van der Waals surface area contributed by atoms with Gasteiger partial charge in [-0.3, -0.25) is 9.52 Å². The lowest BCUT2D eigenvalue weighted by molar-refractivity contribution is -0.115. The van der Waals surface area contributed by atoms with Crippen molar-refractivity contribution >= 4 is 39.5 Å². The highest BCUT2D eigenvalue weighted by Crippen LogP contribution is 2.23. The third-order valence-electron chi connectivity index (χ3n) is 4.40. The number of aromatic nitrogens is 1. The number of carbonyl (C=O) groups is 1. The Hall–Kier alpha value is -3.39. The molecule has 1 heterocycles. The van der Waals surface area contributed by atoms with Gasteiger partial charge in [0.15, 0.2) is 5.76 Å². The largest absolute Gasteiger partial charge is 0.354 e. The van der Waals surface area contributed by atoms with Crippen molar-refractivity contribution in [1.82, 2.24) is 5.16 Å². The van der Waals surface area contributed by atoms with Crippen molar-refractivity contribution in [3.05, 3.63) is 71.1 Å². The van der Waals surface area contributed by atoms with Crippen LogP contribution in [0.2, 0.25) is 0 Å². The minimum Gasteiger partial charge on any atom is -0.354 e. The fourth-order valence-corrected chi connectivity index (χ4v) is 3.71. The summed E-state index contributed by atoms with van der Waals surface area (Å²) in [6, 6.07) is 13.6. The van der Waals surface area contributed by atoms with Crippen LogP contribution >= 0.6 is 0 Å². The molecule has 1 amide bonds. The summed E-state index contributed by atoms with van der Waals surface area (Å²) in [4.78, 5) is 11.8. The van der Waals surface area contributed by atoms with Gasteiger partial charge in [-0.1, -0.05) is 48.0 Å². The Morgan fingerprint density at radius 2 is 1.70 bits per heavy atom. The number of benzene rings is 2. The van der Waals surface area contributed by atoms with E-state index in [1.165, 1.54) is 12.1 Å². The van der Waals surface area contributed by atoms with Gasteiger partial charge in [0.05, 0.1) is 4.90 Å². The number of anilines is 2. The molecule has 8 heteroatoms. The molecule has 0 saturated heterocycles. The zero-order valence-electron chi connectivity index (χ0n) is 17.0. The van der Waals surface area contributed by atoms with Crippen molar-refractivity contribution in [2.45, 2.75) is 32.1 Å². The summed E-state index contributed by atoms with van der Waals surface area (Å²) in [6.07, 6.45) is 3.78. The maximum Gasteiger partial charge on any atom is 0.261 e. The van der Waals surface area contributed by atoms with Crippen LogP contribution in [0.4, 0.5) is 11.4 Å². The highest BCUT2D eigenvalue weighted by Gasteiger charge is 2.15. The van der Waals surface area contributed by atoms with Crippen LogP contribution in [0.25, 0.3) is 12.2 Å². The maximum absolute atomic E-state index is 12.6. The predicted octanol–water partition coefficient (Wildman–Crippen LogP) is 4.61. The molecule has 0 atom stereocenters. The van der Waals surface area contributed by atoms with Gasteiger partial charge in [-0.05, 0) is 49.8 Å². The van der Waals surface area contributed by atoms with Gasteiger partial charge < -0.3 is 9.84 Å². The van der Waals surface area contributed by atoms with E-state index in [4.69, 9.17) is 4.52 Å². The fraction of sp³-hybridized carbons (Fsp3) is 0.182.